The molecule has 27 heavy (non-hydrogen) atoms. The first-order chi connectivity index (χ1) is 13.1. The molecule has 2 aromatic rings. The number of guanidine groups is 1. The van der Waals surface area contributed by atoms with Crippen LogP contribution in [0.15, 0.2) is 59.6 Å². The number of aliphatic imine (C=N–C) groups is 1. The number of likely N-dealkylation sites (N-methyl/N-ethyl adjacent to an activating group) is 1. The normalized spacial score (nSPS) is 11.1. The molecule has 0 unspecified atom stereocenters. The second-order valence-electron chi connectivity index (χ2n) is 6.59. The van der Waals surface area contributed by atoms with Crippen molar-refractivity contribution in [3.8, 4) is 0 Å². The summed E-state index contributed by atoms with van der Waals surface area (Å²) in [6.07, 6.45) is 1.88. The van der Waals surface area contributed by atoms with Gasteiger partial charge in [-0.25, -0.2) is 4.99 Å². The van der Waals surface area contributed by atoms with Crippen molar-refractivity contribution in [1.82, 2.24) is 15.5 Å². The number of rotatable bonds is 8. The highest BCUT2D eigenvalue weighted by Gasteiger charge is 2.06. The molecule has 5 heteroatoms. The molecule has 0 radical (unpaired) electrons. The summed E-state index contributed by atoms with van der Waals surface area (Å²) in [6, 6.07) is 18.7. The highest BCUT2D eigenvalue weighted by Crippen LogP contribution is 2.10. The number of hydrogen-bond donors (Lipinski definition) is 2. The second-order valence-corrected chi connectivity index (χ2v) is 6.59. The van der Waals surface area contributed by atoms with Crippen molar-refractivity contribution in [3.05, 3.63) is 71.3 Å². The van der Waals surface area contributed by atoms with Gasteiger partial charge in [0.05, 0.1) is 13.1 Å². The minimum Gasteiger partial charge on any atom is -0.356 e. The summed E-state index contributed by atoms with van der Waals surface area (Å²) >= 11 is 0. The fourth-order valence-electron chi connectivity index (χ4n) is 2.68. The zero-order valence-electron chi connectivity index (χ0n) is 16.5. The van der Waals surface area contributed by atoms with Gasteiger partial charge in [-0.2, -0.15) is 0 Å². The van der Waals surface area contributed by atoms with Crippen molar-refractivity contribution in [1.29, 1.82) is 0 Å². The van der Waals surface area contributed by atoms with Gasteiger partial charge in [0.25, 0.3) is 0 Å². The van der Waals surface area contributed by atoms with E-state index in [1.807, 2.05) is 24.3 Å². The maximum atomic E-state index is 11.9. The molecule has 0 aromatic heterocycles. The second kappa shape index (κ2) is 11.0. The molecule has 0 saturated heterocycles. The third-order valence-corrected chi connectivity index (χ3v) is 4.36. The fraction of sp³-hybridized carbons (Fsp3) is 0.364. The average Bonchev–Trinajstić information content (AvgIpc) is 2.70. The molecule has 2 N–H and O–H groups in total. The molecular formula is C22H30N4O. The third kappa shape index (κ3) is 7.13. The fourth-order valence-corrected chi connectivity index (χ4v) is 2.68. The first-order valence-electron chi connectivity index (χ1n) is 9.43. The largest absolute Gasteiger partial charge is 0.356 e. The number of benzene rings is 2. The SMILES string of the molecule is CCc1ccccc1CN=C(NCCc1ccccc1)NCC(=O)N(C)C. The van der Waals surface area contributed by atoms with E-state index in [-0.39, 0.29) is 12.5 Å². The van der Waals surface area contributed by atoms with Gasteiger partial charge in [0, 0.05) is 20.6 Å². The highest BCUT2D eigenvalue weighted by atomic mass is 16.2. The lowest BCUT2D eigenvalue weighted by Gasteiger charge is -2.15. The van der Waals surface area contributed by atoms with Crippen molar-refractivity contribution in [3.63, 3.8) is 0 Å². The van der Waals surface area contributed by atoms with Crippen LogP contribution >= 0.6 is 0 Å². The molecule has 0 atom stereocenters. The van der Waals surface area contributed by atoms with Crippen LogP contribution in [0.1, 0.15) is 23.6 Å². The predicted octanol–water partition coefficient (Wildman–Crippen LogP) is 2.62. The molecule has 5 nitrogen and oxygen atoms in total. The lowest BCUT2D eigenvalue weighted by atomic mass is 10.1. The van der Waals surface area contributed by atoms with Crippen molar-refractivity contribution in [2.45, 2.75) is 26.3 Å². The molecule has 0 fully saturated rings. The Morgan fingerprint density at radius 2 is 1.63 bits per heavy atom. The summed E-state index contributed by atoms with van der Waals surface area (Å²) in [5.41, 5.74) is 3.78. The first-order valence-corrected chi connectivity index (χ1v) is 9.43. The molecule has 0 heterocycles. The van der Waals surface area contributed by atoms with E-state index in [0.717, 1.165) is 19.4 Å². The van der Waals surface area contributed by atoms with E-state index in [0.29, 0.717) is 12.5 Å². The number of hydrogen-bond acceptors (Lipinski definition) is 2. The van der Waals surface area contributed by atoms with E-state index < -0.39 is 0 Å². The molecule has 0 aliphatic carbocycles. The van der Waals surface area contributed by atoms with Crippen molar-refractivity contribution in [2.24, 2.45) is 4.99 Å². The Labute approximate surface area is 162 Å². The van der Waals surface area contributed by atoms with E-state index in [4.69, 9.17) is 0 Å². The third-order valence-electron chi connectivity index (χ3n) is 4.36. The number of nitrogens with zero attached hydrogens (tertiary/aromatic N) is 2. The number of carbonyl (C=O) groups excluding carboxylic acids is 1. The Hall–Kier alpha value is -2.82. The molecule has 2 rings (SSSR count). The predicted molar refractivity (Wildman–Crippen MR) is 112 cm³/mol. The van der Waals surface area contributed by atoms with Gasteiger partial charge in [0.1, 0.15) is 0 Å². The smallest absolute Gasteiger partial charge is 0.241 e. The maximum absolute atomic E-state index is 11.9. The molecule has 2 aromatic carbocycles. The minimum atomic E-state index is 0.0153. The van der Waals surface area contributed by atoms with E-state index in [1.165, 1.54) is 16.7 Å². The summed E-state index contributed by atoms with van der Waals surface area (Å²) in [7, 11) is 3.50. The lowest BCUT2D eigenvalue weighted by Crippen LogP contribution is -2.43. The Bertz CT molecular complexity index is 741. The topological polar surface area (TPSA) is 56.7 Å². The zero-order chi connectivity index (χ0) is 19.5. The van der Waals surface area contributed by atoms with Gasteiger partial charge in [-0.1, -0.05) is 61.5 Å². The van der Waals surface area contributed by atoms with Crippen LogP contribution in [0.25, 0.3) is 0 Å². The number of amides is 1. The summed E-state index contributed by atoms with van der Waals surface area (Å²) in [5, 5.41) is 6.48. The molecule has 144 valence electrons. The molecule has 0 aliphatic rings. The van der Waals surface area contributed by atoms with Crippen LogP contribution < -0.4 is 10.6 Å². The van der Waals surface area contributed by atoms with Crippen LogP contribution in [0.2, 0.25) is 0 Å². The van der Waals surface area contributed by atoms with Gasteiger partial charge in [0.15, 0.2) is 5.96 Å². The summed E-state index contributed by atoms with van der Waals surface area (Å²) in [5.74, 6) is 0.675. The van der Waals surface area contributed by atoms with Gasteiger partial charge in [-0.05, 0) is 29.5 Å². The molecular weight excluding hydrogens is 336 g/mol. The minimum absolute atomic E-state index is 0.0153. The number of carbonyl (C=O) groups is 1. The van der Waals surface area contributed by atoms with Crippen LogP contribution in [-0.4, -0.2) is 44.0 Å². The Morgan fingerprint density at radius 1 is 0.963 bits per heavy atom. The first kappa shape index (κ1) is 20.5. The number of aryl methyl sites for hydroxylation is 1. The summed E-state index contributed by atoms with van der Waals surface area (Å²) in [4.78, 5) is 18.2. The van der Waals surface area contributed by atoms with Gasteiger partial charge in [0.2, 0.25) is 5.91 Å². The van der Waals surface area contributed by atoms with Crippen molar-refractivity contribution >= 4 is 11.9 Å². The van der Waals surface area contributed by atoms with Crippen LogP contribution in [0.3, 0.4) is 0 Å². The Balaban J connectivity index is 2.00. The summed E-state index contributed by atoms with van der Waals surface area (Å²) < 4.78 is 0. The van der Waals surface area contributed by atoms with Gasteiger partial charge >= 0.3 is 0 Å². The summed E-state index contributed by atoms with van der Waals surface area (Å²) in [6.45, 7) is 3.71. The van der Waals surface area contributed by atoms with Gasteiger partial charge in [-0.3, -0.25) is 4.79 Å². The van der Waals surface area contributed by atoms with Gasteiger partial charge in [-0.15, -0.1) is 0 Å². The Kier molecular flexibility index (Phi) is 8.36. The highest BCUT2D eigenvalue weighted by molar-refractivity contribution is 5.86. The monoisotopic (exact) mass is 366 g/mol. The molecule has 0 bridgehead atoms. The molecule has 0 saturated carbocycles. The van der Waals surface area contributed by atoms with Crippen LogP contribution in [0.5, 0.6) is 0 Å². The van der Waals surface area contributed by atoms with E-state index in [9.17, 15) is 4.79 Å². The van der Waals surface area contributed by atoms with Crippen LogP contribution in [0.4, 0.5) is 0 Å². The van der Waals surface area contributed by atoms with Gasteiger partial charge < -0.3 is 15.5 Å². The standard InChI is InChI=1S/C22H30N4O/c1-4-19-12-8-9-13-20(19)16-24-22(25-17-21(27)26(2)3)23-15-14-18-10-6-5-7-11-18/h5-13H,4,14-17H2,1-3H3,(H2,23,24,25). The molecule has 0 aliphatic heterocycles. The van der Waals surface area contributed by atoms with Crippen molar-refractivity contribution < 1.29 is 4.79 Å². The zero-order valence-corrected chi connectivity index (χ0v) is 16.5. The Morgan fingerprint density at radius 3 is 2.30 bits per heavy atom. The molecule has 0 spiro atoms. The average molecular weight is 367 g/mol. The van der Waals surface area contributed by atoms with E-state index in [2.05, 4.69) is 52.9 Å². The lowest BCUT2D eigenvalue weighted by molar-refractivity contribution is -0.127. The van der Waals surface area contributed by atoms with E-state index >= 15 is 0 Å². The number of nitrogens with one attached hydrogen (secondary N) is 2. The van der Waals surface area contributed by atoms with Crippen LogP contribution in [0, 0.1) is 0 Å². The van der Waals surface area contributed by atoms with Crippen molar-refractivity contribution in [2.75, 3.05) is 27.2 Å². The van der Waals surface area contributed by atoms with Crippen LogP contribution in [-0.2, 0) is 24.2 Å². The quantitative estimate of drug-likeness (QED) is 0.558. The maximum Gasteiger partial charge on any atom is 0.241 e. The van der Waals surface area contributed by atoms with E-state index in [1.54, 1.807) is 19.0 Å². The molecule has 1 amide bonds.